The summed E-state index contributed by atoms with van der Waals surface area (Å²) in [6.07, 6.45) is 36.4. The molecule has 0 saturated carbocycles. The summed E-state index contributed by atoms with van der Waals surface area (Å²) in [4.78, 5) is 23.0. The third-order valence-electron chi connectivity index (χ3n) is 5.18. The van der Waals surface area contributed by atoms with E-state index in [2.05, 4.69) is 24.4 Å². The van der Waals surface area contributed by atoms with Gasteiger partial charge in [-0.15, -0.1) is 0 Å². The van der Waals surface area contributed by atoms with Crippen LogP contribution in [0.3, 0.4) is 0 Å². The number of hydrogen-bond acceptors (Lipinski definition) is 2. The Balaban J connectivity index is 3.87. The molecule has 4 heteroatoms. The normalized spacial score (nSPS) is 13.6. The predicted octanol–water partition coefficient (Wildman–Crippen LogP) is 7.86. The van der Waals surface area contributed by atoms with Crippen molar-refractivity contribution in [3.63, 3.8) is 0 Å². The quantitative estimate of drug-likeness (QED) is 0.108. The minimum absolute atomic E-state index is 0.193. The number of allylic oxidation sites excluding steroid dienone is 11. The number of rotatable bonds is 20. The van der Waals surface area contributed by atoms with Gasteiger partial charge in [-0.1, -0.05) is 139 Å². The van der Waals surface area contributed by atoms with Crippen molar-refractivity contribution in [1.82, 2.24) is 5.32 Å². The van der Waals surface area contributed by atoms with Crippen LogP contribution in [0.5, 0.6) is 0 Å². The Morgan fingerprint density at radius 3 is 1.68 bits per heavy atom. The standard InChI is InChI=1S/C30H47NO3/c1-4-5-6-7-8-9-10-11-12-13-14-15-16-17-18-19-20-21-22-23-24-25-29(32)31-28(30(33)34)26-27(2)3/h14-25,27-28H,4-13,26H2,1-3H3,(H,31,32)(H,33,34)/t28-/m0/s1. The first-order valence-corrected chi connectivity index (χ1v) is 13.0. The molecule has 0 aromatic carbocycles. The van der Waals surface area contributed by atoms with Crippen LogP contribution in [0.15, 0.2) is 72.9 Å². The Labute approximate surface area is 208 Å². The van der Waals surface area contributed by atoms with E-state index in [1.54, 1.807) is 12.2 Å². The van der Waals surface area contributed by atoms with Crippen molar-refractivity contribution in [2.75, 3.05) is 0 Å². The molecule has 0 aromatic heterocycles. The van der Waals surface area contributed by atoms with Crippen LogP contribution in [-0.4, -0.2) is 23.0 Å². The van der Waals surface area contributed by atoms with E-state index in [4.69, 9.17) is 5.11 Å². The molecular formula is C30H47NO3. The molecule has 0 aliphatic rings. The fourth-order valence-corrected chi connectivity index (χ4v) is 3.32. The first-order chi connectivity index (χ1) is 16.5. The molecule has 0 heterocycles. The molecule has 2 N–H and O–H groups in total. The molecular weight excluding hydrogens is 422 g/mol. The summed E-state index contributed by atoms with van der Waals surface area (Å²) in [5.74, 6) is -1.22. The topological polar surface area (TPSA) is 66.4 Å². The van der Waals surface area contributed by atoms with Crippen LogP contribution in [0.2, 0.25) is 0 Å². The molecule has 0 aromatic rings. The van der Waals surface area contributed by atoms with E-state index in [1.165, 1.54) is 63.9 Å². The highest BCUT2D eigenvalue weighted by atomic mass is 16.4. The van der Waals surface area contributed by atoms with Crippen LogP contribution in [0, 0.1) is 5.92 Å². The zero-order valence-corrected chi connectivity index (χ0v) is 21.6. The van der Waals surface area contributed by atoms with Crippen LogP contribution < -0.4 is 5.32 Å². The van der Waals surface area contributed by atoms with Crippen molar-refractivity contribution in [3.8, 4) is 0 Å². The molecule has 0 radical (unpaired) electrons. The number of unbranched alkanes of at least 4 members (excludes halogenated alkanes) is 9. The van der Waals surface area contributed by atoms with Gasteiger partial charge in [0.25, 0.3) is 0 Å². The maximum absolute atomic E-state index is 11.8. The fraction of sp³-hybridized carbons (Fsp3) is 0.533. The minimum atomic E-state index is -1.01. The van der Waals surface area contributed by atoms with Crippen LogP contribution in [-0.2, 0) is 9.59 Å². The third-order valence-corrected chi connectivity index (χ3v) is 5.18. The summed E-state index contributed by atoms with van der Waals surface area (Å²) in [6.45, 7) is 6.11. The van der Waals surface area contributed by atoms with Crippen LogP contribution in [0.25, 0.3) is 0 Å². The zero-order chi connectivity index (χ0) is 25.3. The average Bonchev–Trinajstić information content (AvgIpc) is 2.79. The number of carbonyl (C=O) groups is 2. The van der Waals surface area contributed by atoms with Gasteiger partial charge >= 0.3 is 5.97 Å². The summed E-state index contributed by atoms with van der Waals surface area (Å²) in [5.41, 5.74) is 0. The lowest BCUT2D eigenvalue weighted by molar-refractivity contribution is -0.141. The van der Waals surface area contributed by atoms with E-state index in [0.29, 0.717) is 6.42 Å². The minimum Gasteiger partial charge on any atom is -0.480 e. The second kappa shape index (κ2) is 23.5. The molecule has 190 valence electrons. The van der Waals surface area contributed by atoms with Gasteiger partial charge in [0.1, 0.15) is 6.04 Å². The highest BCUT2D eigenvalue weighted by Gasteiger charge is 2.19. The van der Waals surface area contributed by atoms with Crippen molar-refractivity contribution in [2.45, 2.75) is 97.4 Å². The lowest BCUT2D eigenvalue weighted by Gasteiger charge is -2.15. The number of carbonyl (C=O) groups excluding carboxylic acids is 1. The average molecular weight is 470 g/mol. The number of nitrogens with one attached hydrogen (secondary N) is 1. The monoisotopic (exact) mass is 469 g/mol. The summed E-state index contributed by atoms with van der Waals surface area (Å²) >= 11 is 0. The van der Waals surface area contributed by atoms with E-state index >= 15 is 0 Å². The largest absolute Gasteiger partial charge is 0.480 e. The molecule has 1 atom stereocenters. The van der Waals surface area contributed by atoms with Gasteiger partial charge in [-0.3, -0.25) is 4.79 Å². The number of carboxylic acids is 1. The summed E-state index contributed by atoms with van der Waals surface area (Å²) in [5, 5.41) is 11.6. The van der Waals surface area contributed by atoms with E-state index in [-0.39, 0.29) is 5.92 Å². The first kappa shape index (κ1) is 31.4. The molecule has 34 heavy (non-hydrogen) atoms. The van der Waals surface area contributed by atoms with Gasteiger partial charge in [0, 0.05) is 6.08 Å². The second-order valence-corrected chi connectivity index (χ2v) is 8.97. The molecule has 0 fully saturated rings. The SMILES string of the molecule is CCCCCCCCCCCC=CC=CC=CC=CC=CC=CC(=O)N[C@@H](CC(C)C)C(=O)O. The summed E-state index contributed by atoms with van der Waals surface area (Å²) in [7, 11) is 0. The number of amides is 1. The van der Waals surface area contributed by atoms with Crippen molar-refractivity contribution in [2.24, 2.45) is 5.92 Å². The Morgan fingerprint density at radius 1 is 0.706 bits per heavy atom. The number of carboxylic acid groups (broad SMARTS) is 1. The fourth-order valence-electron chi connectivity index (χ4n) is 3.32. The van der Waals surface area contributed by atoms with Gasteiger partial charge in [-0.25, -0.2) is 4.79 Å². The van der Waals surface area contributed by atoms with Gasteiger partial charge in [0.15, 0.2) is 0 Å². The van der Waals surface area contributed by atoms with Crippen molar-refractivity contribution < 1.29 is 14.7 Å². The first-order valence-electron chi connectivity index (χ1n) is 13.0. The van der Waals surface area contributed by atoms with E-state index < -0.39 is 17.9 Å². The van der Waals surface area contributed by atoms with Gasteiger partial charge in [0.05, 0.1) is 0 Å². The van der Waals surface area contributed by atoms with E-state index in [0.717, 1.165) is 6.42 Å². The van der Waals surface area contributed by atoms with Crippen LogP contribution >= 0.6 is 0 Å². The maximum atomic E-state index is 11.8. The van der Waals surface area contributed by atoms with E-state index in [1.807, 2.05) is 56.4 Å². The Bertz CT molecular complexity index is 696. The van der Waals surface area contributed by atoms with Gasteiger partial charge < -0.3 is 10.4 Å². The Hall–Kier alpha value is -2.62. The predicted molar refractivity (Wildman–Crippen MR) is 146 cm³/mol. The molecule has 0 spiro atoms. The molecule has 0 aliphatic heterocycles. The molecule has 0 aliphatic carbocycles. The van der Waals surface area contributed by atoms with Crippen molar-refractivity contribution >= 4 is 11.9 Å². The van der Waals surface area contributed by atoms with E-state index in [9.17, 15) is 9.59 Å². The molecule has 0 bridgehead atoms. The van der Waals surface area contributed by atoms with Crippen molar-refractivity contribution in [3.05, 3.63) is 72.9 Å². The summed E-state index contributed by atoms with van der Waals surface area (Å²) < 4.78 is 0. The zero-order valence-electron chi connectivity index (χ0n) is 21.6. The smallest absolute Gasteiger partial charge is 0.326 e. The number of aliphatic carboxylic acids is 1. The molecule has 1 amide bonds. The highest BCUT2D eigenvalue weighted by Crippen LogP contribution is 2.10. The molecule has 4 nitrogen and oxygen atoms in total. The molecule has 0 rings (SSSR count). The number of hydrogen-bond donors (Lipinski definition) is 2. The van der Waals surface area contributed by atoms with Crippen LogP contribution in [0.1, 0.15) is 91.4 Å². The Kier molecular flexibility index (Phi) is 21.7. The molecule has 0 unspecified atom stereocenters. The maximum Gasteiger partial charge on any atom is 0.326 e. The lowest BCUT2D eigenvalue weighted by Crippen LogP contribution is -2.40. The lowest BCUT2D eigenvalue weighted by atomic mass is 10.0. The highest BCUT2D eigenvalue weighted by molar-refractivity contribution is 5.91. The van der Waals surface area contributed by atoms with Gasteiger partial charge in [-0.2, -0.15) is 0 Å². The van der Waals surface area contributed by atoms with Crippen molar-refractivity contribution in [1.29, 1.82) is 0 Å². The van der Waals surface area contributed by atoms with Crippen LogP contribution in [0.4, 0.5) is 0 Å². The van der Waals surface area contributed by atoms with Gasteiger partial charge in [-0.05, 0) is 25.2 Å². The Morgan fingerprint density at radius 2 is 1.18 bits per heavy atom. The van der Waals surface area contributed by atoms with Gasteiger partial charge in [0.2, 0.25) is 5.91 Å². The second-order valence-electron chi connectivity index (χ2n) is 8.97. The third kappa shape index (κ3) is 22.6. The summed E-state index contributed by atoms with van der Waals surface area (Å²) in [6, 6.07) is -0.857. The molecule has 0 saturated heterocycles.